The molecule has 5 heteroatoms. The molecule has 0 fully saturated rings. The van der Waals surface area contributed by atoms with Crippen LogP contribution in [0.5, 0.6) is 0 Å². The van der Waals surface area contributed by atoms with Gasteiger partial charge in [-0.1, -0.05) is 48.5 Å². The van der Waals surface area contributed by atoms with Crippen LogP contribution >= 0.6 is 0 Å². The highest BCUT2D eigenvalue weighted by molar-refractivity contribution is 5.93. The monoisotopic (exact) mass is 292 g/mol. The van der Waals surface area contributed by atoms with Gasteiger partial charge in [0.05, 0.1) is 11.6 Å². The number of ether oxygens (including phenoxy) is 1. The van der Waals surface area contributed by atoms with E-state index in [2.05, 4.69) is 0 Å². The van der Waals surface area contributed by atoms with E-state index in [0.717, 1.165) is 0 Å². The van der Waals surface area contributed by atoms with Crippen LogP contribution in [0.4, 0.5) is 13.2 Å². The summed E-state index contributed by atoms with van der Waals surface area (Å²) in [6.45, 7) is 0. The zero-order valence-electron chi connectivity index (χ0n) is 10.8. The first-order valence-corrected chi connectivity index (χ1v) is 6.08. The lowest BCUT2D eigenvalue weighted by atomic mass is 10.1. The molecule has 2 aromatic rings. The molecule has 0 unspecified atom stereocenters. The highest BCUT2D eigenvalue weighted by Gasteiger charge is 2.27. The Kier molecular flexibility index (Phi) is 4.42. The zero-order chi connectivity index (χ0) is 15.3. The molecule has 0 aromatic heterocycles. The van der Waals surface area contributed by atoms with E-state index in [0.29, 0.717) is 0 Å². The molecular weight excluding hydrogens is 281 g/mol. The molecule has 108 valence electrons. The van der Waals surface area contributed by atoms with Gasteiger partial charge in [-0.2, -0.15) is 13.2 Å². The summed E-state index contributed by atoms with van der Waals surface area (Å²) in [5, 5.41) is 0. The van der Waals surface area contributed by atoms with Crippen LogP contribution in [0.3, 0.4) is 0 Å². The Morgan fingerprint density at radius 2 is 1.33 bits per heavy atom. The van der Waals surface area contributed by atoms with Crippen LogP contribution in [0.1, 0.15) is 15.9 Å². The highest BCUT2D eigenvalue weighted by Crippen LogP contribution is 2.25. The van der Waals surface area contributed by atoms with Crippen LogP contribution in [0.2, 0.25) is 0 Å². The molecule has 0 aliphatic rings. The van der Waals surface area contributed by atoms with Gasteiger partial charge in [0.2, 0.25) is 0 Å². The first-order valence-electron chi connectivity index (χ1n) is 6.08. The fourth-order valence-electron chi connectivity index (χ4n) is 1.66. The lowest BCUT2D eigenvalue weighted by Crippen LogP contribution is -2.09. The predicted octanol–water partition coefficient (Wildman–Crippen LogP) is 4.45. The van der Waals surface area contributed by atoms with Crippen molar-refractivity contribution in [2.45, 2.75) is 6.18 Å². The first-order chi connectivity index (χ1) is 9.96. The summed E-state index contributed by atoms with van der Waals surface area (Å²) in [5.74, 6) is -1.37. The van der Waals surface area contributed by atoms with Crippen LogP contribution in [0.15, 0.2) is 66.7 Å². The Labute approximate surface area is 119 Å². The summed E-state index contributed by atoms with van der Waals surface area (Å²) in [7, 11) is 0. The van der Waals surface area contributed by atoms with E-state index in [-0.39, 0.29) is 17.2 Å². The minimum atomic E-state index is -4.58. The number of carbonyl (C=O) groups excluding carboxylic acids is 1. The number of alkyl halides is 3. The third-order valence-corrected chi connectivity index (χ3v) is 2.57. The van der Waals surface area contributed by atoms with Gasteiger partial charge in [0.15, 0.2) is 0 Å². The molecule has 0 saturated carbocycles. The van der Waals surface area contributed by atoms with Crippen LogP contribution < -0.4 is 0 Å². The Balaban J connectivity index is 2.30. The second-order valence-electron chi connectivity index (χ2n) is 4.17. The Hall–Kier alpha value is -2.56. The molecule has 0 N–H and O–H groups in total. The SMILES string of the molecule is O=C(O/C(=C/C(F)(F)F)c1ccccc1)c1ccccc1. The third kappa shape index (κ3) is 4.49. The van der Waals surface area contributed by atoms with Crippen LogP contribution in [0, 0.1) is 0 Å². The number of benzene rings is 2. The van der Waals surface area contributed by atoms with Gasteiger partial charge in [0.1, 0.15) is 5.76 Å². The average Bonchev–Trinajstić information content (AvgIpc) is 2.47. The number of esters is 1. The number of hydrogen-bond acceptors (Lipinski definition) is 2. The predicted molar refractivity (Wildman–Crippen MR) is 72.3 cm³/mol. The molecule has 2 aromatic carbocycles. The number of allylic oxidation sites excluding steroid dienone is 1. The number of halogens is 3. The minimum absolute atomic E-state index is 0.0246. The zero-order valence-corrected chi connectivity index (χ0v) is 10.8. The number of rotatable bonds is 3. The van der Waals surface area contributed by atoms with Gasteiger partial charge >= 0.3 is 12.1 Å². The van der Waals surface area contributed by atoms with Gasteiger partial charge in [0.25, 0.3) is 0 Å². The minimum Gasteiger partial charge on any atom is -0.422 e. The summed E-state index contributed by atoms with van der Waals surface area (Å²) in [4.78, 5) is 11.9. The lowest BCUT2D eigenvalue weighted by Gasteiger charge is -2.10. The summed E-state index contributed by atoms with van der Waals surface area (Å²) in [6.07, 6.45) is -4.61. The summed E-state index contributed by atoms with van der Waals surface area (Å²) < 4.78 is 42.6. The van der Waals surface area contributed by atoms with Crippen molar-refractivity contribution in [2.24, 2.45) is 0 Å². The van der Waals surface area contributed by atoms with Crippen molar-refractivity contribution >= 4 is 11.7 Å². The van der Waals surface area contributed by atoms with E-state index in [1.807, 2.05) is 0 Å². The molecule has 0 spiro atoms. The Morgan fingerprint density at radius 3 is 1.81 bits per heavy atom. The van der Waals surface area contributed by atoms with Crippen molar-refractivity contribution in [3.63, 3.8) is 0 Å². The molecule has 2 nitrogen and oxygen atoms in total. The van der Waals surface area contributed by atoms with E-state index < -0.39 is 17.9 Å². The summed E-state index contributed by atoms with van der Waals surface area (Å²) in [5.41, 5.74) is 0.362. The fraction of sp³-hybridized carbons (Fsp3) is 0.0625. The van der Waals surface area contributed by atoms with E-state index in [1.165, 1.54) is 24.3 Å². The van der Waals surface area contributed by atoms with Crippen LogP contribution in [-0.2, 0) is 4.74 Å². The molecule has 0 aliphatic heterocycles. The molecule has 21 heavy (non-hydrogen) atoms. The molecular formula is C16H11F3O2. The molecule has 0 aliphatic carbocycles. The second kappa shape index (κ2) is 6.26. The van der Waals surface area contributed by atoms with Crippen molar-refractivity contribution in [2.75, 3.05) is 0 Å². The van der Waals surface area contributed by atoms with E-state index in [9.17, 15) is 18.0 Å². The fourth-order valence-corrected chi connectivity index (χ4v) is 1.66. The molecule has 0 saturated heterocycles. The highest BCUT2D eigenvalue weighted by atomic mass is 19.4. The van der Waals surface area contributed by atoms with E-state index in [4.69, 9.17) is 4.74 Å². The van der Waals surface area contributed by atoms with Gasteiger partial charge in [-0.25, -0.2) is 4.79 Å². The second-order valence-corrected chi connectivity index (χ2v) is 4.17. The quantitative estimate of drug-likeness (QED) is 0.617. The maximum Gasteiger partial charge on any atom is 0.413 e. The molecule has 0 bridgehead atoms. The van der Waals surface area contributed by atoms with Gasteiger partial charge in [-0.3, -0.25) is 0 Å². The topological polar surface area (TPSA) is 26.3 Å². The molecule has 0 radical (unpaired) electrons. The standard InChI is InChI=1S/C16H11F3O2/c17-16(18,19)11-14(12-7-3-1-4-8-12)21-15(20)13-9-5-2-6-10-13/h1-11H/b14-11+. The summed E-state index contributed by atoms with van der Waals surface area (Å²) >= 11 is 0. The number of hydrogen-bond donors (Lipinski definition) is 0. The van der Waals surface area contributed by atoms with Crippen molar-refractivity contribution in [1.29, 1.82) is 0 Å². The molecule has 2 rings (SSSR count). The third-order valence-electron chi connectivity index (χ3n) is 2.57. The van der Waals surface area contributed by atoms with Crippen molar-refractivity contribution in [1.82, 2.24) is 0 Å². The average molecular weight is 292 g/mol. The van der Waals surface area contributed by atoms with E-state index in [1.54, 1.807) is 36.4 Å². The smallest absolute Gasteiger partial charge is 0.413 e. The van der Waals surface area contributed by atoms with Gasteiger partial charge < -0.3 is 4.74 Å². The van der Waals surface area contributed by atoms with Crippen LogP contribution in [0.25, 0.3) is 5.76 Å². The van der Waals surface area contributed by atoms with Crippen molar-refractivity contribution in [3.8, 4) is 0 Å². The molecule has 0 amide bonds. The first kappa shape index (κ1) is 14.8. The lowest BCUT2D eigenvalue weighted by molar-refractivity contribution is -0.0802. The normalized spacial score (nSPS) is 12.0. The van der Waals surface area contributed by atoms with E-state index >= 15 is 0 Å². The van der Waals surface area contributed by atoms with Crippen molar-refractivity contribution < 1.29 is 22.7 Å². The maximum atomic E-state index is 12.6. The molecule has 0 heterocycles. The largest absolute Gasteiger partial charge is 0.422 e. The number of carbonyl (C=O) groups is 1. The summed E-state index contributed by atoms with van der Waals surface area (Å²) in [6, 6.07) is 15.5. The van der Waals surface area contributed by atoms with Crippen molar-refractivity contribution in [3.05, 3.63) is 77.9 Å². The van der Waals surface area contributed by atoms with Crippen LogP contribution in [-0.4, -0.2) is 12.1 Å². The maximum absolute atomic E-state index is 12.6. The molecule has 0 atom stereocenters. The van der Waals surface area contributed by atoms with Gasteiger partial charge in [-0.05, 0) is 12.1 Å². The van der Waals surface area contributed by atoms with Gasteiger partial charge in [0, 0.05) is 5.56 Å². The Morgan fingerprint density at radius 1 is 0.857 bits per heavy atom. The van der Waals surface area contributed by atoms with Gasteiger partial charge in [-0.15, -0.1) is 0 Å². The Bertz CT molecular complexity index is 632.